The van der Waals surface area contributed by atoms with E-state index >= 15 is 0 Å². The molecule has 0 fully saturated rings. The highest BCUT2D eigenvalue weighted by atomic mass is 32.7. The fourth-order valence-electron chi connectivity index (χ4n) is 0.0962. The van der Waals surface area contributed by atoms with Crippen LogP contribution in [0.3, 0.4) is 0 Å². The fourth-order valence-corrected chi connectivity index (χ4v) is 1.54. The van der Waals surface area contributed by atoms with E-state index in [-0.39, 0.29) is 0 Å². The van der Waals surface area contributed by atoms with Crippen LogP contribution in [0.25, 0.3) is 0 Å². The van der Waals surface area contributed by atoms with E-state index in [1.54, 1.807) is 11.8 Å². The van der Waals surface area contributed by atoms with Gasteiger partial charge in [0.05, 0.1) is 0 Å². The molecule has 0 aromatic heterocycles. The first-order valence-electron chi connectivity index (χ1n) is 1.51. The van der Waals surface area contributed by atoms with Gasteiger partial charge in [0, 0.05) is 5.49 Å². The predicted molar refractivity (Wildman–Crippen MR) is 40.0 cm³/mol. The molecule has 0 aromatic rings. The minimum Gasteiger partial charge on any atom is -0.154 e. The van der Waals surface area contributed by atoms with E-state index in [4.69, 9.17) is 0 Å². The number of rotatable bonds is 3. The lowest BCUT2D eigenvalue weighted by Crippen LogP contribution is -1.47. The molecule has 0 N–H and O–H groups in total. The summed E-state index contributed by atoms with van der Waals surface area (Å²) in [5, 5.41) is 1.84. The van der Waals surface area contributed by atoms with Crippen molar-refractivity contribution >= 4 is 31.8 Å². The van der Waals surface area contributed by atoms with Crippen LogP contribution < -0.4 is 0 Å². The summed E-state index contributed by atoms with van der Waals surface area (Å²) in [4.78, 5) is 0. The van der Waals surface area contributed by atoms with Crippen molar-refractivity contribution in [3.63, 3.8) is 0 Å². The minimum atomic E-state index is 0.751. The van der Waals surface area contributed by atoms with E-state index in [0.29, 0.717) is 0 Å². The largest absolute Gasteiger partial charge is 0.154 e. The van der Waals surface area contributed by atoms with Gasteiger partial charge in [-0.05, 0) is 5.41 Å². The Hall–Kier alpha value is 0.870. The molecule has 6 heavy (non-hydrogen) atoms. The number of thioether (sulfide) groups is 1. The van der Waals surface area contributed by atoms with Crippen LogP contribution in [0.5, 0.6) is 0 Å². The normalized spacial score (nSPS) is 10.2. The molecule has 0 saturated carbocycles. The van der Waals surface area contributed by atoms with Crippen LogP contribution in [-0.2, 0) is 0 Å². The Labute approximate surface area is 49.7 Å². The Morgan fingerprint density at radius 1 is 2.00 bits per heavy atom. The first-order valence-corrected chi connectivity index (χ1v) is 5.05. The molecule has 36 valence electrons. The van der Waals surface area contributed by atoms with Crippen LogP contribution in [0.15, 0.2) is 12.0 Å². The maximum Gasteiger partial charge on any atom is 0.0240 e. The third-order valence-corrected chi connectivity index (χ3v) is 2.85. The monoisotopic (exact) mass is 138 g/mol. The van der Waals surface area contributed by atoms with Crippen LogP contribution in [0.1, 0.15) is 0 Å². The van der Waals surface area contributed by atoms with Gasteiger partial charge >= 0.3 is 0 Å². The van der Waals surface area contributed by atoms with Gasteiger partial charge in [-0.3, -0.25) is 0 Å². The zero-order chi connectivity index (χ0) is 4.83. The molecular formula is C3H7PS2. The lowest BCUT2D eigenvalue weighted by Gasteiger charge is -1.82. The molecule has 0 aliphatic rings. The van der Waals surface area contributed by atoms with Crippen molar-refractivity contribution in [1.82, 2.24) is 0 Å². The third-order valence-electron chi connectivity index (χ3n) is 0.266. The van der Waals surface area contributed by atoms with E-state index in [0.717, 1.165) is 13.3 Å². The highest BCUT2D eigenvalue weighted by molar-refractivity contribution is 8.40. The predicted octanol–water partition coefficient (Wildman–Crippen LogP) is 2.34. The molecule has 0 heterocycles. The van der Waals surface area contributed by atoms with Gasteiger partial charge in [-0.2, -0.15) is 12.2 Å². The van der Waals surface area contributed by atoms with Crippen molar-refractivity contribution in [2.24, 2.45) is 0 Å². The van der Waals surface area contributed by atoms with Crippen LogP contribution in [0, 0.1) is 0 Å². The van der Waals surface area contributed by atoms with E-state index in [1.807, 2.05) is 5.41 Å². The SMILES string of the molecule is C=CSCPS. The smallest absolute Gasteiger partial charge is 0.0240 e. The quantitative estimate of drug-likeness (QED) is 0.355. The molecule has 0 amide bonds. The van der Waals surface area contributed by atoms with Crippen molar-refractivity contribution in [2.75, 3.05) is 5.49 Å². The first kappa shape index (κ1) is 6.87. The topological polar surface area (TPSA) is 0 Å². The summed E-state index contributed by atoms with van der Waals surface area (Å²) < 4.78 is 0. The molecule has 3 heteroatoms. The summed E-state index contributed by atoms with van der Waals surface area (Å²) in [5.41, 5.74) is 1.10. The van der Waals surface area contributed by atoms with E-state index < -0.39 is 0 Å². The third kappa shape index (κ3) is 4.87. The molecule has 0 aliphatic heterocycles. The van der Waals surface area contributed by atoms with Crippen molar-refractivity contribution in [3.05, 3.63) is 12.0 Å². The van der Waals surface area contributed by atoms with Gasteiger partial charge < -0.3 is 0 Å². The zero-order valence-electron chi connectivity index (χ0n) is 3.35. The van der Waals surface area contributed by atoms with Crippen molar-refractivity contribution < 1.29 is 0 Å². The molecule has 0 aliphatic carbocycles. The molecule has 0 nitrogen and oxygen atoms in total. The second kappa shape index (κ2) is 5.87. The van der Waals surface area contributed by atoms with E-state index in [2.05, 4.69) is 18.8 Å². The lowest BCUT2D eigenvalue weighted by atomic mass is 11.3. The molecule has 0 radical (unpaired) electrons. The Balaban J connectivity index is 2.49. The van der Waals surface area contributed by atoms with Crippen LogP contribution in [-0.4, -0.2) is 5.49 Å². The van der Waals surface area contributed by atoms with Crippen LogP contribution in [0.2, 0.25) is 0 Å². The second-order valence-corrected chi connectivity index (χ2v) is 3.72. The molecule has 0 saturated heterocycles. The Morgan fingerprint density at radius 2 is 2.67 bits per heavy atom. The Morgan fingerprint density at radius 3 is 2.83 bits per heavy atom. The average molecular weight is 138 g/mol. The molecular weight excluding hydrogens is 131 g/mol. The van der Waals surface area contributed by atoms with Crippen molar-refractivity contribution in [3.8, 4) is 0 Å². The summed E-state index contributed by atoms with van der Waals surface area (Å²) >= 11 is 5.72. The molecule has 1 unspecified atom stereocenters. The zero-order valence-corrected chi connectivity index (χ0v) is 6.06. The molecule has 0 aromatic carbocycles. The van der Waals surface area contributed by atoms with Gasteiger partial charge in [0.15, 0.2) is 0 Å². The first-order chi connectivity index (χ1) is 2.91. The van der Waals surface area contributed by atoms with Gasteiger partial charge in [-0.1, -0.05) is 14.4 Å². The Kier molecular flexibility index (Phi) is 6.72. The summed E-state index contributed by atoms with van der Waals surface area (Å²) in [6.07, 6.45) is 0. The fraction of sp³-hybridized carbons (Fsp3) is 0.333. The summed E-state index contributed by atoms with van der Waals surface area (Å²) in [6.45, 7) is 3.53. The number of thiol groups is 1. The van der Waals surface area contributed by atoms with Crippen LogP contribution in [0.4, 0.5) is 0 Å². The molecule has 0 bridgehead atoms. The average Bonchev–Trinajstić information content (AvgIpc) is 1.61. The van der Waals surface area contributed by atoms with Gasteiger partial charge in [0.25, 0.3) is 0 Å². The number of hydrogen-bond acceptors (Lipinski definition) is 2. The van der Waals surface area contributed by atoms with Gasteiger partial charge in [0.2, 0.25) is 0 Å². The van der Waals surface area contributed by atoms with Crippen molar-refractivity contribution in [2.45, 2.75) is 0 Å². The van der Waals surface area contributed by atoms with E-state index in [9.17, 15) is 0 Å². The molecule has 0 spiro atoms. The lowest BCUT2D eigenvalue weighted by molar-refractivity contribution is 2.28. The summed E-state index contributed by atoms with van der Waals surface area (Å²) in [5.74, 6) is 0. The van der Waals surface area contributed by atoms with Crippen molar-refractivity contribution in [1.29, 1.82) is 0 Å². The number of hydrogen-bond donors (Lipinski definition) is 1. The maximum atomic E-state index is 4.01. The standard InChI is InChI=1S/C3H7PS2/c1-2-6-3-4-5/h2,4-5H,1,3H2. The summed E-state index contributed by atoms with van der Waals surface area (Å²) in [6, 6.07) is 0. The maximum absolute atomic E-state index is 4.01. The van der Waals surface area contributed by atoms with E-state index in [1.165, 1.54) is 0 Å². The summed E-state index contributed by atoms with van der Waals surface area (Å²) in [7, 11) is 0.751. The van der Waals surface area contributed by atoms with Gasteiger partial charge in [-0.15, -0.1) is 11.8 Å². The second-order valence-electron chi connectivity index (χ2n) is 0.636. The van der Waals surface area contributed by atoms with Crippen LogP contribution >= 0.6 is 31.8 Å². The molecule has 0 rings (SSSR count). The molecule has 1 atom stereocenters. The van der Waals surface area contributed by atoms with Gasteiger partial charge in [0.1, 0.15) is 0 Å². The highest BCUT2D eigenvalue weighted by Crippen LogP contribution is 2.21. The Bertz CT molecular complexity index is 37.8. The minimum absolute atomic E-state index is 0.751. The highest BCUT2D eigenvalue weighted by Gasteiger charge is 1.71. The van der Waals surface area contributed by atoms with Gasteiger partial charge in [-0.25, -0.2) is 0 Å².